The zero-order valence-corrected chi connectivity index (χ0v) is 10.2. The van der Waals surface area contributed by atoms with E-state index in [2.05, 4.69) is 5.32 Å². The van der Waals surface area contributed by atoms with Crippen molar-refractivity contribution in [3.05, 3.63) is 54.0 Å². The second-order valence-electron chi connectivity index (χ2n) is 3.80. The third kappa shape index (κ3) is 3.70. The molecule has 0 atom stereocenters. The van der Waals surface area contributed by atoms with Crippen LogP contribution in [0.3, 0.4) is 0 Å². The zero-order valence-electron chi connectivity index (χ0n) is 10.2. The molecule has 0 spiro atoms. The first-order valence-electron chi connectivity index (χ1n) is 5.75. The lowest BCUT2D eigenvalue weighted by molar-refractivity contribution is -0.123. The van der Waals surface area contributed by atoms with Gasteiger partial charge in [-0.2, -0.15) is 0 Å². The smallest absolute Gasteiger partial charge is 0.258 e. The summed E-state index contributed by atoms with van der Waals surface area (Å²) in [6.07, 6.45) is 2.23. The summed E-state index contributed by atoms with van der Waals surface area (Å²) in [6, 6.07) is 10.3. The number of nitrogens with one attached hydrogen (secondary N) is 1. The minimum absolute atomic E-state index is 0.147. The van der Waals surface area contributed by atoms with Crippen LogP contribution in [-0.4, -0.2) is 18.8 Å². The van der Waals surface area contributed by atoms with Gasteiger partial charge in [0.2, 0.25) is 0 Å². The Kier molecular flexibility index (Phi) is 4.34. The van der Waals surface area contributed by atoms with Gasteiger partial charge >= 0.3 is 0 Å². The maximum absolute atomic E-state index is 11.5. The summed E-state index contributed by atoms with van der Waals surface area (Å²) < 4.78 is 10.4. The third-order valence-electron chi connectivity index (χ3n) is 2.44. The van der Waals surface area contributed by atoms with E-state index in [0.717, 1.165) is 0 Å². The highest BCUT2D eigenvalue weighted by Gasteiger charge is 2.06. The van der Waals surface area contributed by atoms with Gasteiger partial charge in [0.1, 0.15) is 11.5 Å². The van der Waals surface area contributed by atoms with Crippen molar-refractivity contribution in [2.45, 2.75) is 6.54 Å². The molecule has 0 aliphatic heterocycles. The molecule has 19 heavy (non-hydrogen) atoms. The molecule has 0 saturated heterocycles. The summed E-state index contributed by atoms with van der Waals surface area (Å²) in [5.41, 5.74) is 0.418. The number of hydrogen-bond acceptors (Lipinski definition) is 4. The molecule has 0 bridgehead atoms. The average molecular weight is 259 g/mol. The van der Waals surface area contributed by atoms with Crippen molar-refractivity contribution in [2.24, 2.45) is 0 Å². The van der Waals surface area contributed by atoms with E-state index in [0.29, 0.717) is 29.9 Å². The molecule has 2 aromatic rings. The predicted octanol–water partition coefficient (Wildman–Crippen LogP) is 1.79. The Labute approximate surface area is 110 Å². The van der Waals surface area contributed by atoms with Gasteiger partial charge in [-0.25, -0.2) is 0 Å². The van der Waals surface area contributed by atoms with E-state index in [1.165, 1.54) is 6.26 Å². The minimum atomic E-state index is -0.280. The monoisotopic (exact) mass is 259 g/mol. The average Bonchev–Trinajstić information content (AvgIpc) is 2.96. The Morgan fingerprint density at radius 1 is 1.26 bits per heavy atom. The highest BCUT2D eigenvalue weighted by atomic mass is 16.5. The lowest BCUT2D eigenvalue weighted by Crippen LogP contribution is -2.28. The summed E-state index contributed by atoms with van der Waals surface area (Å²) in [6.45, 7) is 0.163. The molecule has 5 nitrogen and oxygen atoms in total. The van der Waals surface area contributed by atoms with E-state index in [-0.39, 0.29) is 12.5 Å². The van der Waals surface area contributed by atoms with Crippen LogP contribution in [0.15, 0.2) is 47.1 Å². The second-order valence-corrected chi connectivity index (χ2v) is 3.80. The van der Waals surface area contributed by atoms with Crippen LogP contribution in [-0.2, 0) is 11.3 Å². The topological polar surface area (TPSA) is 68.5 Å². The number of benzene rings is 1. The number of aldehydes is 1. The molecule has 0 aliphatic rings. The number of hydrogen-bond donors (Lipinski definition) is 1. The molecule has 98 valence electrons. The summed E-state index contributed by atoms with van der Waals surface area (Å²) >= 11 is 0. The molecule has 1 N–H and O–H groups in total. The van der Waals surface area contributed by atoms with Crippen molar-refractivity contribution < 1.29 is 18.7 Å². The number of amides is 1. The van der Waals surface area contributed by atoms with Gasteiger partial charge in [0, 0.05) is 0 Å². The fraction of sp³-hybridized carbons (Fsp3) is 0.143. The van der Waals surface area contributed by atoms with Crippen molar-refractivity contribution in [2.75, 3.05) is 6.61 Å². The van der Waals surface area contributed by atoms with Crippen molar-refractivity contribution in [1.29, 1.82) is 0 Å². The largest absolute Gasteiger partial charge is 0.483 e. The Hall–Kier alpha value is -2.56. The molecule has 1 aromatic heterocycles. The van der Waals surface area contributed by atoms with Crippen LogP contribution in [0.1, 0.15) is 16.1 Å². The number of carbonyl (C=O) groups excluding carboxylic acids is 2. The lowest BCUT2D eigenvalue weighted by Gasteiger charge is -2.08. The van der Waals surface area contributed by atoms with Gasteiger partial charge in [-0.3, -0.25) is 9.59 Å². The standard InChI is InChI=1S/C14H13NO4/c16-9-11-4-1-2-6-13(11)19-10-14(17)15-8-12-5-3-7-18-12/h1-7,9H,8,10H2,(H,15,17). The first-order valence-corrected chi connectivity index (χ1v) is 5.75. The number of para-hydroxylation sites is 1. The first-order chi connectivity index (χ1) is 9.29. The number of rotatable bonds is 6. The lowest BCUT2D eigenvalue weighted by atomic mass is 10.2. The number of furan rings is 1. The molecule has 0 unspecified atom stereocenters. The zero-order chi connectivity index (χ0) is 13.5. The maximum atomic E-state index is 11.5. The van der Waals surface area contributed by atoms with Crippen LogP contribution < -0.4 is 10.1 Å². The van der Waals surface area contributed by atoms with Crippen molar-refractivity contribution >= 4 is 12.2 Å². The molecule has 0 saturated carbocycles. The molecule has 2 rings (SSSR count). The molecule has 0 radical (unpaired) electrons. The van der Waals surface area contributed by atoms with Crippen molar-refractivity contribution in [3.8, 4) is 5.75 Å². The highest BCUT2D eigenvalue weighted by Crippen LogP contribution is 2.15. The maximum Gasteiger partial charge on any atom is 0.258 e. The third-order valence-corrected chi connectivity index (χ3v) is 2.44. The molecular formula is C14H13NO4. The van der Waals surface area contributed by atoms with Gasteiger partial charge in [-0.1, -0.05) is 12.1 Å². The van der Waals surface area contributed by atoms with Crippen LogP contribution in [0, 0.1) is 0 Å². The van der Waals surface area contributed by atoms with Gasteiger partial charge in [0.05, 0.1) is 18.4 Å². The van der Waals surface area contributed by atoms with E-state index < -0.39 is 0 Å². The molecule has 1 heterocycles. The van der Waals surface area contributed by atoms with Gasteiger partial charge in [-0.15, -0.1) is 0 Å². The molecule has 5 heteroatoms. The quantitative estimate of drug-likeness (QED) is 0.803. The minimum Gasteiger partial charge on any atom is -0.483 e. The summed E-state index contributed by atoms with van der Waals surface area (Å²) in [4.78, 5) is 22.3. The fourth-order valence-electron chi connectivity index (χ4n) is 1.50. The highest BCUT2D eigenvalue weighted by molar-refractivity contribution is 5.80. The molecule has 0 aliphatic carbocycles. The van der Waals surface area contributed by atoms with Gasteiger partial charge < -0.3 is 14.5 Å². The number of carbonyl (C=O) groups is 2. The molecular weight excluding hydrogens is 246 g/mol. The van der Waals surface area contributed by atoms with Crippen molar-refractivity contribution in [3.63, 3.8) is 0 Å². The Bertz CT molecular complexity index is 548. The van der Waals surface area contributed by atoms with E-state index >= 15 is 0 Å². The normalized spacial score (nSPS) is 9.89. The first kappa shape index (κ1) is 12.9. The summed E-state index contributed by atoms with van der Waals surface area (Å²) in [7, 11) is 0. The Morgan fingerprint density at radius 2 is 2.11 bits per heavy atom. The van der Waals surface area contributed by atoms with Crippen LogP contribution in [0.5, 0.6) is 5.75 Å². The SMILES string of the molecule is O=Cc1ccccc1OCC(=O)NCc1ccco1. The molecule has 0 fully saturated rings. The van der Waals surface area contributed by atoms with Crippen LogP contribution >= 0.6 is 0 Å². The van der Waals surface area contributed by atoms with Crippen LogP contribution in [0.25, 0.3) is 0 Å². The Balaban J connectivity index is 1.81. The van der Waals surface area contributed by atoms with Gasteiger partial charge in [0.15, 0.2) is 12.9 Å². The predicted molar refractivity (Wildman–Crippen MR) is 67.9 cm³/mol. The Morgan fingerprint density at radius 3 is 2.84 bits per heavy atom. The summed E-state index contributed by atoms with van der Waals surface area (Å²) in [5.74, 6) is 0.782. The van der Waals surface area contributed by atoms with E-state index in [4.69, 9.17) is 9.15 Å². The van der Waals surface area contributed by atoms with E-state index in [1.807, 2.05) is 0 Å². The fourth-order valence-corrected chi connectivity index (χ4v) is 1.50. The van der Waals surface area contributed by atoms with Gasteiger partial charge in [-0.05, 0) is 24.3 Å². The van der Waals surface area contributed by atoms with Crippen molar-refractivity contribution in [1.82, 2.24) is 5.32 Å². The number of ether oxygens (including phenoxy) is 1. The van der Waals surface area contributed by atoms with E-state index in [9.17, 15) is 9.59 Å². The van der Waals surface area contributed by atoms with Crippen LogP contribution in [0.2, 0.25) is 0 Å². The summed E-state index contributed by atoms with van der Waals surface area (Å²) in [5, 5.41) is 2.65. The molecule has 1 amide bonds. The van der Waals surface area contributed by atoms with Crippen LogP contribution in [0.4, 0.5) is 0 Å². The van der Waals surface area contributed by atoms with E-state index in [1.54, 1.807) is 36.4 Å². The molecule has 1 aromatic carbocycles. The van der Waals surface area contributed by atoms with Gasteiger partial charge in [0.25, 0.3) is 5.91 Å². The second kappa shape index (κ2) is 6.39.